The minimum absolute atomic E-state index is 0.373. The van der Waals surface area contributed by atoms with Gasteiger partial charge in [-0.1, -0.05) is 12.2 Å². The number of hydrogen-bond acceptors (Lipinski definition) is 2. The monoisotopic (exact) mass is 153 g/mol. The van der Waals surface area contributed by atoms with E-state index in [-0.39, 0.29) is 0 Å². The number of rotatable bonds is 2. The van der Waals surface area contributed by atoms with Crippen molar-refractivity contribution in [3.05, 3.63) is 12.2 Å². The summed E-state index contributed by atoms with van der Waals surface area (Å²) in [5.74, 6) is 0.373. The molecule has 0 saturated carbocycles. The highest BCUT2D eigenvalue weighted by Gasteiger charge is 2.15. The molecule has 0 bridgehead atoms. The molecule has 1 fully saturated rings. The lowest BCUT2D eigenvalue weighted by atomic mass is 10.1. The molecule has 0 aromatic rings. The van der Waals surface area contributed by atoms with E-state index in [1.807, 2.05) is 6.92 Å². The zero-order valence-electron chi connectivity index (χ0n) is 7.10. The van der Waals surface area contributed by atoms with E-state index in [0.29, 0.717) is 12.3 Å². The second kappa shape index (κ2) is 3.67. The highest BCUT2D eigenvalue weighted by atomic mass is 16.1. The summed E-state index contributed by atoms with van der Waals surface area (Å²) in [6.07, 6.45) is 1.79. The van der Waals surface area contributed by atoms with Crippen molar-refractivity contribution in [3.8, 4) is 0 Å². The van der Waals surface area contributed by atoms with Crippen LogP contribution in [0.25, 0.3) is 0 Å². The van der Waals surface area contributed by atoms with Gasteiger partial charge in [-0.05, 0) is 19.9 Å². The quantitative estimate of drug-likeness (QED) is 0.556. The van der Waals surface area contributed by atoms with Gasteiger partial charge in [0.25, 0.3) is 0 Å². The van der Waals surface area contributed by atoms with Crippen LogP contribution in [0, 0.1) is 0 Å². The van der Waals surface area contributed by atoms with Gasteiger partial charge in [-0.15, -0.1) is 0 Å². The number of hydrogen-bond donors (Lipinski definition) is 0. The summed E-state index contributed by atoms with van der Waals surface area (Å²) >= 11 is 0. The van der Waals surface area contributed by atoms with Crippen molar-refractivity contribution in [1.29, 1.82) is 0 Å². The Labute approximate surface area is 67.9 Å². The van der Waals surface area contributed by atoms with Crippen molar-refractivity contribution in [1.82, 2.24) is 4.90 Å². The third-order valence-electron chi connectivity index (χ3n) is 1.82. The maximum atomic E-state index is 11.0. The number of ketones is 1. The van der Waals surface area contributed by atoms with Crippen LogP contribution in [0.5, 0.6) is 0 Å². The Morgan fingerprint density at radius 1 is 1.73 bits per heavy atom. The van der Waals surface area contributed by atoms with E-state index in [9.17, 15) is 4.79 Å². The molecule has 0 spiro atoms. The lowest BCUT2D eigenvalue weighted by molar-refractivity contribution is -0.121. The molecule has 1 heterocycles. The minimum Gasteiger partial charge on any atom is -0.298 e. The normalized spacial score (nSPS) is 20.3. The number of likely N-dealkylation sites (tertiary alicyclic amines) is 1. The summed E-state index contributed by atoms with van der Waals surface area (Å²) in [7, 11) is 0. The highest BCUT2D eigenvalue weighted by Crippen LogP contribution is 2.06. The van der Waals surface area contributed by atoms with Crippen molar-refractivity contribution in [2.24, 2.45) is 0 Å². The molecule has 0 aliphatic carbocycles. The first kappa shape index (κ1) is 8.47. The van der Waals surface area contributed by atoms with Crippen LogP contribution in [0.4, 0.5) is 0 Å². The van der Waals surface area contributed by atoms with E-state index in [4.69, 9.17) is 0 Å². The molecule has 11 heavy (non-hydrogen) atoms. The largest absolute Gasteiger partial charge is 0.298 e. The van der Waals surface area contributed by atoms with Crippen LogP contribution in [-0.2, 0) is 4.79 Å². The molecule has 0 amide bonds. The summed E-state index contributed by atoms with van der Waals surface area (Å²) in [5, 5.41) is 0. The standard InChI is InChI=1S/C9H15NO/c1-8(2)6-10-5-3-4-9(11)7-10/h1,3-7H2,2H3. The molecular formula is C9H15NO. The molecule has 0 atom stereocenters. The second-order valence-corrected chi connectivity index (χ2v) is 3.31. The van der Waals surface area contributed by atoms with Gasteiger partial charge in [0.1, 0.15) is 5.78 Å². The molecular weight excluding hydrogens is 138 g/mol. The molecule has 1 rings (SSSR count). The first-order chi connectivity index (χ1) is 5.18. The van der Waals surface area contributed by atoms with E-state index < -0.39 is 0 Å². The molecule has 1 aliphatic rings. The molecule has 0 aromatic carbocycles. The van der Waals surface area contributed by atoms with E-state index in [1.165, 1.54) is 0 Å². The van der Waals surface area contributed by atoms with Gasteiger partial charge in [0.05, 0.1) is 6.54 Å². The van der Waals surface area contributed by atoms with Crippen LogP contribution >= 0.6 is 0 Å². The molecule has 2 heteroatoms. The summed E-state index contributed by atoms with van der Waals surface area (Å²) in [6.45, 7) is 8.39. The molecule has 0 unspecified atom stereocenters. The van der Waals surface area contributed by atoms with Crippen LogP contribution in [-0.4, -0.2) is 30.3 Å². The van der Waals surface area contributed by atoms with Crippen LogP contribution in [0.3, 0.4) is 0 Å². The molecule has 0 radical (unpaired) electrons. The zero-order valence-corrected chi connectivity index (χ0v) is 7.10. The van der Waals surface area contributed by atoms with Crippen LogP contribution in [0.1, 0.15) is 19.8 Å². The molecule has 0 N–H and O–H groups in total. The maximum absolute atomic E-state index is 11.0. The Balaban J connectivity index is 2.34. The van der Waals surface area contributed by atoms with Crippen molar-refractivity contribution in [2.75, 3.05) is 19.6 Å². The number of carbonyl (C=O) groups excluding carboxylic acids is 1. The van der Waals surface area contributed by atoms with Crippen LogP contribution in [0.2, 0.25) is 0 Å². The Morgan fingerprint density at radius 3 is 3.00 bits per heavy atom. The minimum atomic E-state index is 0.373. The third-order valence-corrected chi connectivity index (χ3v) is 1.82. The fraction of sp³-hybridized carbons (Fsp3) is 0.667. The summed E-state index contributed by atoms with van der Waals surface area (Å²) < 4.78 is 0. The predicted molar refractivity (Wildman–Crippen MR) is 45.5 cm³/mol. The number of Topliss-reactive ketones (excluding diaryl/α,β-unsaturated/α-hetero) is 1. The average molecular weight is 153 g/mol. The maximum Gasteiger partial charge on any atom is 0.146 e. The first-order valence-electron chi connectivity index (χ1n) is 4.07. The van der Waals surface area contributed by atoms with Gasteiger partial charge >= 0.3 is 0 Å². The first-order valence-corrected chi connectivity index (χ1v) is 4.07. The Morgan fingerprint density at radius 2 is 2.45 bits per heavy atom. The van der Waals surface area contributed by atoms with Gasteiger partial charge in [-0.2, -0.15) is 0 Å². The van der Waals surface area contributed by atoms with E-state index >= 15 is 0 Å². The number of nitrogens with zero attached hydrogens (tertiary/aromatic N) is 1. The SMILES string of the molecule is C=C(C)CN1CCCC(=O)C1. The summed E-state index contributed by atoms with van der Waals surface area (Å²) in [6, 6.07) is 0. The van der Waals surface area contributed by atoms with Crippen LogP contribution in [0.15, 0.2) is 12.2 Å². The molecule has 1 aliphatic heterocycles. The highest BCUT2D eigenvalue weighted by molar-refractivity contribution is 5.81. The summed E-state index contributed by atoms with van der Waals surface area (Å²) in [4.78, 5) is 13.1. The number of carbonyl (C=O) groups is 1. The van der Waals surface area contributed by atoms with E-state index in [2.05, 4.69) is 11.5 Å². The lowest BCUT2D eigenvalue weighted by Gasteiger charge is -2.25. The van der Waals surface area contributed by atoms with Gasteiger partial charge in [0.15, 0.2) is 0 Å². The van der Waals surface area contributed by atoms with Crippen molar-refractivity contribution in [2.45, 2.75) is 19.8 Å². The van der Waals surface area contributed by atoms with Gasteiger partial charge in [0, 0.05) is 13.0 Å². The molecule has 2 nitrogen and oxygen atoms in total. The van der Waals surface area contributed by atoms with Gasteiger partial charge in [-0.25, -0.2) is 0 Å². The average Bonchev–Trinajstić information content (AvgIpc) is 1.85. The van der Waals surface area contributed by atoms with Crippen molar-refractivity contribution < 1.29 is 4.79 Å². The third kappa shape index (κ3) is 2.85. The fourth-order valence-electron chi connectivity index (χ4n) is 1.42. The fourth-order valence-corrected chi connectivity index (χ4v) is 1.42. The predicted octanol–water partition coefficient (Wildman–Crippen LogP) is 1.23. The van der Waals surface area contributed by atoms with Crippen LogP contribution < -0.4 is 0 Å². The van der Waals surface area contributed by atoms with Gasteiger partial charge in [-0.3, -0.25) is 9.69 Å². The van der Waals surface area contributed by atoms with Gasteiger partial charge in [0.2, 0.25) is 0 Å². The second-order valence-electron chi connectivity index (χ2n) is 3.31. The zero-order chi connectivity index (χ0) is 8.27. The van der Waals surface area contributed by atoms with Crippen molar-refractivity contribution >= 4 is 5.78 Å². The molecule has 0 aromatic heterocycles. The van der Waals surface area contributed by atoms with Gasteiger partial charge < -0.3 is 0 Å². The van der Waals surface area contributed by atoms with Crippen molar-refractivity contribution in [3.63, 3.8) is 0 Å². The van der Waals surface area contributed by atoms with E-state index in [1.54, 1.807) is 0 Å². The Kier molecular flexibility index (Phi) is 2.83. The number of piperidine rings is 1. The lowest BCUT2D eigenvalue weighted by Crippen LogP contribution is -2.36. The summed E-state index contributed by atoms with van der Waals surface area (Å²) in [5.41, 5.74) is 1.14. The smallest absolute Gasteiger partial charge is 0.146 e. The molecule has 1 saturated heterocycles. The Hall–Kier alpha value is -0.630. The van der Waals surface area contributed by atoms with E-state index in [0.717, 1.165) is 31.5 Å². The molecule has 62 valence electrons. The Bertz CT molecular complexity index is 172. The topological polar surface area (TPSA) is 20.3 Å².